The van der Waals surface area contributed by atoms with Gasteiger partial charge in [0.25, 0.3) is 0 Å². The van der Waals surface area contributed by atoms with Gasteiger partial charge in [-0.25, -0.2) is 0 Å². The van der Waals surface area contributed by atoms with Crippen LogP contribution < -0.4 is 0 Å². The molecule has 0 bridgehead atoms. The van der Waals surface area contributed by atoms with Gasteiger partial charge < -0.3 is 9.47 Å². The first kappa shape index (κ1) is 28.8. The van der Waals surface area contributed by atoms with E-state index in [1.54, 1.807) is 19.1 Å². The van der Waals surface area contributed by atoms with Crippen molar-refractivity contribution >= 4 is 23.5 Å². The van der Waals surface area contributed by atoms with Crippen molar-refractivity contribution in [2.75, 3.05) is 14.2 Å². The molecule has 0 amide bonds. The lowest BCUT2D eigenvalue weighted by Gasteiger charge is -2.68. The van der Waals surface area contributed by atoms with E-state index in [9.17, 15) is 24.4 Å². The third kappa shape index (κ3) is 3.28. The summed E-state index contributed by atoms with van der Waals surface area (Å²) in [7, 11) is 2.72. The normalized spacial score (nSPS) is 45.3. The summed E-state index contributed by atoms with van der Waals surface area (Å²) in [6, 6.07) is 2.04. The zero-order chi connectivity index (χ0) is 29.7. The average Bonchev–Trinajstić information content (AvgIpc) is 2.90. The number of esters is 2. The van der Waals surface area contributed by atoms with E-state index in [4.69, 9.17) is 9.47 Å². The largest absolute Gasteiger partial charge is 0.469 e. The molecular formula is C33H43NO6. The van der Waals surface area contributed by atoms with Gasteiger partial charge in [-0.15, -0.1) is 0 Å². The van der Waals surface area contributed by atoms with Crippen molar-refractivity contribution < 1.29 is 28.7 Å². The fraction of sp³-hybridized carbons (Fsp3) is 0.727. The molecule has 7 nitrogen and oxygen atoms in total. The molecule has 0 spiro atoms. The van der Waals surface area contributed by atoms with Crippen LogP contribution >= 0.6 is 0 Å². The molecule has 0 heterocycles. The number of fused-ring (bicyclic) bond motifs is 7. The monoisotopic (exact) mass is 549 g/mol. The molecule has 3 unspecified atom stereocenters. The molecule has 0 aromatic carbocycles. The second kappa shape index (κ2) is 8.63. The van der Waals surface area contributed by atoms with Crippen molar-refractivity contribution in [3.63, 3.8) is 0 Å². The molecule has 0 N–H and O–H groups in total. The lowest BCUT2D eigenvalue weighted by molar-refractivity contribution is -0.191. The number of rotatable bonds is 2. The van der Waals surface area contributed by atoms with Crippen LogP contribution in [0.15, 0.2) is 23.3 Å². The number of nitriles is 1. The minimum Gasteiger partial charge on any atom is -0.469 e. The number of nitrogens with zero attached hydrogens (tertiary/aromatic N) is 1. The van der Waals surface area contributed by atoms with Gasteiger partial charge in [0.15, 0.2) is 11.6 Å². The van der Waals surface area contributed by atoms with Gasteiger partial charge >= 0.3 is 11.9 Å². The molecule has 40 heavy (non-hydrogen) atoms. The Morgan fingerprint density at radius 1 is 0.925 bits per heavy atom. The lowest BCUT2D eigenvalue weighted by Crippen LogP contribution is -2.66. The van der Waals surface area contributed by atoms with Gasteiger partial charge in [-0.2, -0.15) is 5.26 Å². The Morgan fingerprint density at radius 2 is 1.55 bits per heavy atom. The summed E-state index contributed by atoms with van der Waals surface area (Å²) >= 11 is 0. The molecule has 8 atom stereocenters. The standard InChI is InChI=1S/C33H43NO6/c1-28(2)11-13-33(27(38)40-8)14-12-31(5)24(20(33)17-28)21(35)15-23-29(3)16-19(18-34)25(36)32(6,26(37)39-7)22(29)9-10-30(23,31)4/h15-16,20,22,24H,9-14,17H2,1-8H3/t20?,22?,24?,29-,30+,31+,32+,33-/m0/s1. The van der Waals surface area contributed by atoms with Crippen molar-refractivity contribution in [2.24, 2.45) is 50.2 Å². The van der Waals surface area contributed by atoms with Gasteiger partial charge in [-0.3, -0.25) is 19.2 Å². The highest BCUT2D eigenvalue weighted by Gasteiger charge is 2.72. The van der Waals surface area contributed by atoms with Crippen LogP contribution in [-0.4, -0.2) is 37.7 Å². The van der Waals surface area contributed by atoms with Crippen molar-refractivity contribution in [1.82, 2.24) is 0 Å². The first-order valence-corrected chi connectivity index (χ1v) is 14.6. The highest BCUT2D eigenvalue weighted by molar-refractivity contribution is 6.15. The van der Waals surface area contributed by atoms with Crippen LogP contribution in [0.5, 0.6) is 0 Å². The maximum Gasteiger partial charge on any atom is 0.319 e. The van der Waals surface area contributed by atoms with Crippen LogP contribution in [0.1, 0.15) is 86.5 Å². The van der Waals surface area contributed by atoms with Gasteiger partial charge in [0, 0.05) is 11.3 Å². The maximum absolute atomic E-state index is 14.5. The number of carbonyl (C=O) groups is 4. The number of ketones is 2. The fourth-order valence-corrected chi connectivity index (χ4v) is 10.3. The number of hydrogen-bond donors (Lipinski definition) is 0. The first-order chi connectivity index (χ1) is 18.5. The number of Topliss-reactive ketones (excluding diaryl/α,β-unsaturated/α-hetero) is 1. The molecule has 0 saturated heterocycles. The summed E-state index contributed by atoms with van der Waals surface area (Å²) in [6.45, 7) is 12.5. The van der Waals surface area contributed by atoms with Crippen LogP contribution in [0.2, 0.25) is 0 Å². The maximum atomic E-state index is 14.5. The highest BCUT2D eigenvalue weighted by Crippen LogP contribution is 2.74. The smallest absolute Gasteiger partial charge is 0.319 e. The molecule has 216 valence electrons. The van der Waals surface area contributed by atoms with Crippen molar-refractivity contribution in [3.05, 3.63) is 23.3 Å². The van der Waals surface area contributed by atoms with Crippen LogP contribution in [0, 0.1) is 61.6 Å². The van der Waals surface area contributed by atoms with Gasteiger partial charge in [0.2, 0.25) is 0 Å². The highest BCUT2D eigenvalue weighted by atomic mass is 16.5. The molecule has 5 rings (SSSR count). The van der Waals surface area contributed by atoms with E-state index in [-0.39, 0.29) is 34.6 Å². The predicted molar refractivity (Wildman–Crippen MR) is 147 cm³/mol. The number of allylic oxidation sites excluding steroid dienone is 4. The molecule has 0 aliphatic heterocycles. The van der Waals surface area contributed by atoms with E-state index in [0.717, 1.165) is 24.8 Å². The zero-order valence-corrected chi connectivity index (χ0v) is 25.2. The summed E-state index contributed by atoms with van der Waals surface area (Å²) in [5.41, 5.74) is -3.08. The Hall–Kier alpha value is -2.75. The van der Waals surface area contributed by atoms with Crippen molar-refractivity contribution in [3.8, 4) is 6.07 Å². The van der Waals surface area contributed by atoms with E-state index in [2.05, 4.69) is 27.7 Å². The van der Waals surface area contributed by atoms with Crippen molar-refractivity contribution in [1.29, 1.82) is 5.26 Å². The molecule has 0 aromatic heterocycles. The number of ether oxygens (including phenoxy) is 2. The van der Waals surface area contributed by atoms with E-state index in [1.165, 1.54) is 14.2 Å². The molecular weight excluding hydrogens is 506 g/mol. The predicted octanol–water partition coefficient (Wildman–Crippen LogP) is 5.53. The minimum absolute atomic E-state index is 0.00570. The Labute approximate surface area is 237 Å². The Bertz CT molecular complexity index is 1320. The van der Waals surface area contributed by atoms with E-state index in [0.29, 0.717) is 25.7 Å². The molecule has 5 aliphatic carbocycles. The van der Waals surface area contributed by atoms with E-state index >= 15 is 0 Å². The average molecular weight is 550 g/mol. The number of carbonyl (C=O) groups excluding carboxylic acids is 4. The quantitative estimate of drug-likeness (QED) is 0.329. The molecule has 3 saturated carbocycles. The number of hydrogen-bond acceptors (Lipinski definition) is 7. The fourth-order valence-electron chi connectivity index (χ4n) is 10.3. The van der Waals surface area contributed by atoms with Gasteiger partial charge in [-0.1, -0.05) is 46.3 Å². The van der Waals surface area contributed by atoms with E-state index in [1.807, 2.05) is 13.0 Å². The summed E-state index contributed by atoms with van der Waals surface area (Å²) in [4.78, 5) is 54.6. The van der Waals surface area contributed by atoms with Crippen LogP contribution in [0.3, 0.4) is 0 Å². The van der Waals surface area contributed by atoms with Gasteiger partial charge in [-0.05, 0) is 86.0 Å². The zero-order valence-electron chi connectivity index (χ0n) is 25.2. The molecule has 5 aliphatic rings. The van der Waals surface area contributed by atoms with Crippen LogP contribution in [-0.2, 0) is 28.7 Å². The first-order valence-electron chi connectivity index (χ1n) is 14.6. The molecule has 3 fully saturated rings. The third-order valence-electron chi connectivity index (χ3n) is 12.8. The second-order valence-electron chi connectivity index (χ2n) is 14.9. The summed E-state index contributed by atoms with van der Waals surface area (Å²) in [6.07, 6.45) is 8.53. The van der Waals surface area contributed by atoms with E-state index < -0.39 is 44.7 Å². The topological polar surface area (TPSA) is 111 Å². The summed E-state index contributed by atoms with van der Waals surface area (Å²) in [5, 5.41) is 9.96. The summed E-state index contributed by atoms with van der Waals surface area (Å²) in [5.74, 6) is -2.26. The SMILES string of the molecule is COC(=O)[C@]12CCC(C)(C)CC1C1C(=O)C=C3[C@@]4(C)C=C(C#N)C(=O)[C@](C)(C(=O)OC)C4CC[C@@]3(C)[C@]1(C)CC2. The molecule has 7 heteroatoms. The van der Waals surface area contributed by atoms with Gasteiger partial charge in [0.05, 0.1) is 25.2 Å². The molecule has 0 radical (unpaired) electrons. The Balaban J connectivity index is 1.72. The number of methoxy groups -OCH3 is 2. The Morgan fingerprint density at radius 3 is 2.15 bits per heavy atom. The third-order valence-corrected chi connectivity index (χ3v) is 12.8. The van der Waals surface area contributed by atoms with Crippen LogP contribution in [0.4, 0.5) is 0 Å². The minimum atomic E-state index is -1.52. The van der Waals surface area contributed by atoms with Gasteiger partial charge in [0.1, 0.15) is 11.5 Å². The Kier molecular flexibility index (Phi) is 6.21. The summed E-state index contributed by atoms with van der Waals surface area (Å²) < 4.78 is 10.5. The van der Waals surface area contributed by atoms with Crippen LogP contribution in [0.25, 0.3) is 0 Å². The second-order valence-corrected chi connectivity index (χ2v) is 14.9. The lowest BCUT2D eigenvalue weighted by atomic mass is 9.34. The van der Waals surface area contributed by atoms with Crippen molar-refractivity contribution in [2.45, 2.75) is 86.5 Å². The molecule has 0 aromatic rings.